The van der Waals surface area contributed by atoms with Crippen LogP contribution in [-0.2, 0) is 24.2 Å². The fraction of sp³-hybridized carbons (Fsp3) is 0.367. The number of ether oxygens (including phenoxy) is 3. The molecule has 0 aliphatic carbocycles. The van der Waals surface area contributed by atoms with Gasteiger partial charge in [-0.2, -0.15) is 0 Å². The van der Waals surface area contributed by atoms with Crippen molar-refractivity contribution in [3.63, 3.8) is 0 Å². The summed E-state index contributed by atoms with van der Waals surface area (Å²) >= 11 is 0. The zero-order valence-corrected chi connectivity index (χ0v) is 21.6. The first kappa shape index (κ1) is 24.6. The molecule has 0 unspecified atom stereocenters. The van der Waals surface area contributed by atoms with Gasteiger partial charge in [0.15, 0.2) is 5.88 Å². The Morgan fingerprint density at radius 2 is 1.77 bits per heavy atom. The number of benzene rings is 2. The molecule has 35 heavy (non-hydrogen) atoms. The zero-order valence-electron chi connectivity index (χ0n) is 21.6. The Morgan fingerprint density at radius 3 is 2.49 bits per heavy atom. The van der Waals surface area contributed by atoms with Crippen molar-refractivity contribution in [1.29, 1.82) is 0 Å². The number of aryl methyl sites for hydroxylation is 1. The van der Waals surface area contributed by atoms with Crippen LogP contribution in [0.1, 0.15) is 43.2 Å². The molecule has 1 aliphatic rings. The van der Waals surface area contributed by atoms with E-state index in [9.17, 15) is 0 Å². The molecular formula is C30H36N2O3. The van der Waals surface area contributed by atoms with Gasteiger partial charge in [-0.25, -0.2) is 0 Å². The lowest BCUT2D eigenvalue weighted by Gasteiger charge is -2.30. The monoisotopic (exact) mass is 472 g/mol. The molecule has 0 bridgehead atoms. The van der Waals surface area contributed by atoms with E-state index in [-0.39, 0.29) is 5.60 Å². The molecule has 2 heterocycles. The Balaban J connectivity index is 1.56. The van der Waals surface area contributed by atoms with Gasteiger partial charge >= 0.3 is 0 Å². The molecule has 3 aromatic rings. The summed E-state index contributed by atoms with van der Waals surface area (Å²) in [6, 6.07) is 16.7. The van der Waals surface area contributed by atoms with Crippen molar-refractivity contribution in [1.82, 2.24) is 9.88 Å². The first-order valence-electron chi connectivity index (χ1n) is 12.2. The smallest absolute Gasteiger partial charge is 0.182 e. The van der Waals surface area contributed by atoms with Crippen LogP contribution in [0.2, 0.25) is 0 Å². The van der Waals surface area contributed by atoms with Gasteiger partial charge in [-0.1, -0.05) is 18.2 Å². The third-order valence-electron chi connectivity index (χ3n) is 6.13. The molecule has 0 radical (unpaired) electrons. The maximum Gasteiger partial charge on any atom is 0.182 e. The summed E-state index contributed by atoms with van der Waals surface area (Å²) in [4.78, 5) is 6.68. The molecule has 0 spiro atoms. The van der Waals surface area contributed by atoms with Crippen LogP contribution >= 0.6 is 0 Å². The van der Waals surface area contributed by atoms with Crippen LogP contribution < -0.4 is 9.47 Å². The summed E-state index contributed by atoms with van der Waals surface area (Å²) < 4.78 is 17.8. The quantitative estimate of drug-likeness (QED) is 0.376. The SMILES string of the molecule is C=C(OC(C)(C)C)N1CCc2ccc(-c3cc(OC)ccc3OCc3cc(C)ccn3)cc2CC1. The minimum absolute atomic E-state index is 0.250. The summed E-state index contributed by atoms with van der Waals surface area (Å²) in [5, 5.41) is 0. The van der Waals surface area contributed by atoms with E-state index in [2.05, 4.69) is 68.4 Å². The molecule has 2 aromatic carbocycles. The van der Waals surface area contributed by atoms with Gasteiger partial charge in [-0.05, 0) is 99.7 Å². The summed E-state index contributed by atoms with van der Waals surface area (Å²) in [6.07, 6.45) is 3.71. The predicted molar refractivity (Wildman–Crippen MR) is 141 cm³/mol. The van der Waals surface area contributed by atoms with E-state index in [4.69, 9.17) is 14.2 Å². The molecule has 0 atom stereocenters. The van der Waals surface area contributed by atoms with Crippen LogP contribution in [-0.4, -0.2) is 35.7 Å². The molecule has 5 heteroatoms. The van der Waals surface area contributed by atoms with Crippen molar-refractivity contribution in [3.05, 3.63) is 89.6 Å². The highest BCUT2D eigenvalue weighted by atomic mass is 16.5. The fourth-order valence-corrected chi connectivity index (χ4v) is 4.38. The molecule has 5 nitrogen and oxygen atoms in total. The van der Waals surface area contributed by atoms with Crippen molar-refractivity contribution < 1.29 is 14.2 Å². The van der Waals surface area contributed by atoms with Gasteiger partial charge in [-0.15, -0.1) is 0 Å². The highest BCUT2D eigenvalue weighted by Gasteiger charge is 2.21. The normalized spacial score (nSPS) is 13.6. The lowest BCUT2D eigenvalue weighted by Crippen LogP contribution is -2.31. The van der Waals surface area contributed by atoms with Gasteiger partial charge in [0.25, 0.3) is 0 Å². The second-order valence-electron chi connectivity index (χ2n) is 10.1. The van der Waals surface area contributed by atoms with Gasteiger partial charge in [0.2, 0.25) is 0 Å². The summed E-state index contributed by atoms with van der Waals surface area (Å²) in [5.74, 6) is 2.37. The molecule has 4 rings (SSSR count). The zero-order chi connectivity index (χ0) is 25.0. The number of rotatable bonds is 7. The molecule has 0 N–H and O–H groups in total. The summed E-state index contributed by atoms with van der Waals surface area (Å²) in [7, 11) is 1.69. The molecule has 1 aliphatic heterocycles. The topological polar surface area (TPSA) is 43.8 Å². The number of nitrogens with zero attached hydrogens (tertiary/aromatic N) is 2. The highest BCUT2D eigenvalue weighted by Crippen LogP contribution is 2.36. The van der Waals surface area contributed by atoms with E-state index in [0.29, 0.717) is 6.61 Å². The third-order valence-corrected chi connectivity index (χ3v) is 6.13. The van der Waals surface area contributed by atoms with Crippen molar-refractivity contribution >= 4 is 0 Å². The number of hydrogen-bond acceptors (Lipinski definition) is 5. The summed E-state index contributed by atoms with van der Waals surface area (Å²) in [5.41, 5.74) is 6.68. The Labute approximate surface area is 209 Å². The number of aromatic nitrogens is 1. The first-order valence-corrected chi connectivity index (χ1v) is 12.2. The fourth-order valence-electron chi connectivity index (χ4n) is 4.38. The highest BCUT2D eigenvalue weighted by molar-refractivity contribution is 5.73. The number of hydrogen-bond donors (Lipinski definition) is 0. The van der Waals surface area contributed by atoms with Crippen LogP contribution in [0.3, 0.4) is 0 Å². The predicted octanol–water partition coefficient (Wildman–Crippen LogP) is 6.33. The largest absolute Gasteiger partial charge is 0.497 e. The Hall–Kier alpha value is -3.47. The number of pyridine rings is 1. The van der Waals surface area contributed by atoms with Gasteiger partial charge < -0.3 is 19.1 Å². The molecule has 184 valence electrons. The average Bonchev–Trinajstić information content (AvgIpc) is 3.04. The van der Waals surface area contributed by atoms with Gasteiger partial charge in [-0.3, -0.25) is 4.98 Å². The Kier molecular flexibility index (Phi) is 7.34. The van der Waals surface area contributed by atoms with E-state index in [0.717, 1.165) is 60.1 Å². The Morgan fingerprint density at radius 1 is 1.00 bits per heavy atom. The Bertz CT molecular complexity index is 1200. The standard InChI is InChI=1S/C30H36N2O3/c1-21-11-14-31-26(17-21)20-34-29-10-9-27(33-6)19-28(29)25-8-7-23-12-15-32(16-13-24(23)18-25)22(2)35-30(3,4)5/h7-11,14,17-19H,2,12-13,15-16,20H2,1,3-6H3. The lowest BCUT2D eigenvalue weighted by atomic mass is 9.96. The van der Waals surface area contributed by atoms with Gasteiger partial charge in [0.05, 0.1) is 12.8 Å². The van der Waals surface area contributed by atoms with Crippen molar-refractivity contribution in [3.8, 4) is 22.6 Å². The van der Waals surface area contributed by atoms with Crippen LogP contribution in [0.15, 0.2) is 67.2 Å². The molecule has 0 amide bonds. The molecule has 0 saturated carbocycles. The van der Waals surface area contributed by atoms with Crippen molar-refractivity contribution in [2.75, 3.05) is 20.2 Å². The van der Waals surface area contributed by atoms with Crippen molar-refractivity contribution in [2.24, 2.45) is 0 Å². The van der Waals surface area contributed by atoms with Crippen LogP contribution in [0.25, 0.3) is 11.1 Å². The summed E-state index contributed by atoms with van der Waals surface area (Å²) in [6.45, 7) is 14.6. The third kappa shape index (κ3) is 6.36. The van der Waals surface area contributed by atoms with Gasteiger partial charge in [0.1, 0.15) is 23.7 Å². The molecule has 1 aromatic heterocycles. The molecule has 0 fully saturated rings. The second-order valence-corrected chi connectivity index (χ2v) is 10.1. The van der Waals surface area contributed by atoms with Crippen LogP contribution in [0.5, 0.6) is 11.5 Å². The molecule has 0 saturated heterocycles. The van der Waals surface area contributed by atoms with Crippen LogP contribution in [0, 0.1) is 6.92 Å². The van der Waals surface area contributed by atoms with E-state index >= 15 is 0 Å². The van der Waals surface area contributed by atoms with E-state index in [1.165, 1.54) is 16.7 Å². The van der Waals surface area contributed by atoms with E-state index < -0.39 is 0 Å². The number of fused-ring (bicyclic) bond motifs is 1. The average molecular weight is 473 g/mol. The minimum Gasteiger partial charge on any atom is -0.497 e. The lowest BCUT2D eigenvalue weighted by molar-refractivity contribution is 0.00399. The maximum absolute atomic E-state index is 6.24. The minimum atomic E-state index is -0.250. The van der Waals surface area contributed by atoms with Crippen molar-refractivity contribution in [2.45, 2.75) is 52.7 Å². The first-order chi connectivity index (χ1) is 16.7. The van der Waals surface area contributed by atoms with Gasteiger partial charge in [0, 0.05) is 24.8 Å². The van der Waals surface area contributed by atoms with Crippen LogP contribution in [0.4, 0.5) is 0 Å². The van der Waals surface area contributed by atoms with E-state index in [1.807, 2.05) is 30.5 Å². The second kappa shape index (κ2) is 10.4. The molecular weight excluding hydrogens is 436 g/mol. The number of methoxy groups -OCH3 is 1. The van der Waals surface area contributed by atoms with E-state index in [1.54, 1.807) is 7.11 Å². The maximum atomic E-state index is 6.24.